The second-order valence-corrected chi connectivity index (χ2v) is 14.3. The maximum atomic E-state index is 14.6. The summed E-state index contributed by atoms with van der Waals surface area (Å²) in [6.07, 6.45) is 3.97. The number of benzene rings is 4. The molecule has 0 spiro atoms. The van der Waals surface area contributed by atoms with E-state index < -0.39 is 28.5 Å². The Hall–Kier alpha value is -3.56. The summed E-state index contributed by atoms with van der Waals surface area (Å²) in [7, 11) is -4.25. The SMILES string of the molecule is O=C(NC1CCCC1)[C@@H](Cc1ccccc1)N(Cc1ccc(Cl)c(Cl)c1)C(=O)CN(c1ccccc1Cl)S(=O)(=O)c1ccccc1. The van der Waals surface area contributed by atoms with Gasteiger partial charge in [0.05, 0.1) is 25.7 Å². The molecule has 240 valence electrons. The van der Waals surface area contributed by atoms with Crippen LogP contribution in [0.15, 0.2) is 108 Å². The van der Waals surface area contributed by atoms with Crippen molar-refractivity contribution in [2.45, 2.75) is 55.6 Å². The number of halogens is 3. The summed E-state index contributed by atoms with van der Waals surface area (Å²) in [5, 5.41) is 3.96. The Labute approximate surface area is 285 Å². The smallest absolute Gasteiger partial charge is 0.264 e. The summed E-state index contributed by atoms with van der Waals surface area (Å²) in [5.74, 6) is -0.896. The lowest BCUT2D eigenvalue weighted by Crippen LogP contribution is -2.54. The van der Waals surface area contributed by atoms with Crippen molar-refractivity contribution >= 4 is 62.3 Å². The van der Waals surface area contributed by atoms with E-state index in [-0.39, 0.29) is 40.5 Å². The number of nitrogens with one attached hydrogen (secondary N) is 1. The molecule has 0 heterocycles. The number of anilines is 1. The lowest BCUT2D eigenvalue weighted by Gasteiger charge is -2.34. The van der Waals surface area contributed by atoms with E-state index in [0.29, 0.717) is 15.6 Å². The number of carbonyl (C=O) groups excluding carboxylic acids is 2. The van der Waals surface area contributed by atoms with Crippen LogP contribution in [0, 0.1) is 0 Å². The lowest BCUT2D eigenvalue weighted by atomic mass is 10.0. The van der Waals surface area contributed by atoms with Crippen LogP contribution in [0.1, 0.15) is 36.8 Å². The van der Waals surface area contributed by atoms with E-state index in [1.54, 1.807) is 60.7 Å². The van der Waals surface area contributed by atoms with E-state index >= 15 is 0 Å². The highest BCUT2D eigenvalue weighted by Gasteiger charge is 2.36. The fraction of sp³-hybridized carbons (Fsp3) is 0.257. The van der Waals surface area contributed by atoms with Crippen LogP contribution in [0.2, 0.25) is 15.1 Å². The highest BCUT2D eigenvalue weighted by Crippen LogP contribution is 2.31. The van der Waals surface area contributed by atoms with Gasteiger partial charge >= 0.3 is 0 Å². The van der Waals surface area contributed by atoms with Gasteiger partial charge < -0.3 is 10.2 Å². The van der Waals surface area contributed by atoms with Gasteiger partial charge in [0.25, 0.3) is 10.0 Å². The highest BCUT2D eigenvalue weighted by molar-refractivity contribution is 7.92. The van der Waals surface area contributed by atoms with E-state index in [0.717, 1.165) is 35.6 Å². The first-order valence-electron chi connectivity index (χ1n) is 15.0. The molecule has 11 heteroatoms. The van der Waals surface area contributed by atoms with Crippen molar-refractivity contribution in [1.29, 1.82) is 0 Å². The Morgan fingerprint density at radius 3 is 2.04 bits per heavy atom. The van der Waals surface area contributed by atoms with E-state index in [2.05, 4.69) is 5.32 Å². The minimum atomic E-state index is -4.25. The Morgan fingerprint density at radius 2 is 1.39 bits per heavy atom. The van der Waals surface area contributed by atoms with Crippen LogP contribution in [0.3, 0.4) is 0 Å². The normalized spacial score (nSPS) is 14.1. The molecule has 0 aliphatic heterocycles. The molecule has 7 nitrogen and oxygen atoms in total. The minimum Gasteiger partial charge on any atom is -0.352 e. The number of rotatable bonds is 12. The van der Waals surface area contributed by atoms with Gasteiger partial charge in [-0.15, -0.1) is 0 Å². The van der Waals surface area contributed by atoms with Crippen LogP contribution in [0.5, 0.6) is 0 Å². The van der Waals surface area contributed by atoms with E-state index in [1.807, 2.05) is 30.3 Å². The summed E-state index contributed by atoms with van der Waals surface area (Å²) >= 11 is 19.1. The molecular formula is C35H34Cl3N3O4S. The van der Waals surface area contributed by atoms with Gasteiger partial charge in [0.2, 0.25) is 11.8 Å². The first-order valence-corrected chi connectivity index (χ1v) is 17.6. The maximum Gasteiger partial charge on any atom is 0.264 e. The fourth-order valence-electron chi connectivity index (χ4n) is 5.64. The molecule has 46 heavy (non-hydrogen) atoms. The van der Waals surface area contributed by atoms with Crippen LogP contribution < -0.4 is 9.62 Å². The van der Waals surface area contributed by atoms with E-state index in [4.69, 9.17) is 34.8 Å². The first kappa shape index (κ1) is 33.8. The predicted molar refractivity (Wildman–Crippen MR) is 184 cm³/mol. The van der Waals surface area contributed by atoms with Gasteiger partial charge in [-0.1, -0.05) is 114 Å². The zero-order valence-electron chi connectivity index (χ0n) is 25.0. The molecule has 4 aromatic carbocycles. The number of carbonyl (C=O) groups is 2. The molecule has 1 atom stereocenters. The van der Waals surface area contributed by atoms with Gasteiger partial charge in [0.1, 0.15) is 12.6 Å². The maximum absolute atomic E-state index is 14.6. The molecule has 5 rings (SSSR count). The Bertz CT molecular complexity index is 1770. The molecule has 1 N–H and O–H groups in total. The van der Waals surface area contributed by atoms with E-state index in [9.17, 15) is 18.0 Å². The number of amides is 2. The van der Waals surface area contributed by atoms with Crippen molar-refractivity contribution in [1.82, 2.24) is 10.2 Å². The fourth-order valence-corrected chi connectivity index (χ4v) is 7.71. The molecule has 0 unspecified atom stereocenters. The van der Waals surface area contributed by atoms with Gasteiger partial charge in [0.15, 0.2) is 0 Å². The second-order valence-electron chi connectivity index (χ2n) is 11.2. The third-order valence-corrected chi connectivity index (χ3v) is 10.9. The molecule has 1 fully saturated rings. The van der Waals surface area contributed by atoms with Gasteiger partial charge in [-0.2, -0.15) is 0 Å². The molecule has 1 aliphatic carbocycles. The van der Waals surface area contributed by atoms with Crippen LogP contribution in [0.4, 0.5) is 5.69 Å². The standard InChI is InChI=1S/C35H34Cl3N3O4S/c36-29-20-19-26(21-31(29)38)23-40(33(22-25-11-3-1-4-12-25)35(43)39-27-13-7-8-14-27)34(42)24-41(32-18-10-9-17-30(32)37)46(44,45)28-15-5-2-6-16-28/h1-6,9-12,15-21,27,33H,7-8,13-14,22-24H2,(H,39,43)/t33-/m1/s1. The largest absolute Gasteiger partial charge is 0.352 e. The van der Waals surface area contributed by atoms with Crippen molar-refractivity contribution in [2.24, 2.45) is 0 Å². The summed E-state index contributed by atoms with van der Waals surface area (Å²) in [6, 6.07) is 27.8. The van der Waals surface area contributed by atoms with Crippen molar-refractivity contribution in [3.05, 3.63) is 129 Å². The molecule has 0 saturated heterocycles. The average Bonchev–Trinajstić information content (AvgIpc) is 3.57. The van der Waals surface area contributed by atoms with Crippen LogP contribution in [-0.2, 0) is 32.6 Å². The predicted octanol–water partition coefficient (Wildman–Crippen LogP) is 7.54. The number of para-hydroxylation sites is 1. The van der Waals surface area contributed by atoms with Crippen molar-refractivity contribution in [3.63, 3.8) is 0 Å². The summed E-state index contributed by atoms with van der Waals surface area (Å²) in [4.78, 5) is 30.1. The highest BCUT2D eigenvalue weighted by atomic mass is 35.5. The Kier molecular flexibility index (Phi) is 11.3. The molecule has 1 aliphatic rings. The van der Waals surface area contributed by atoms with E-state index in [1.165, 1.54) is 17.0 Å². The van der Waals surface area contributed by atoms with Gasteiger partial charge in [-0.3, -0.25) is 13.9 Å². The molecule has 4 aromatic rings. The zero-order chi connectivity index (χ0) is 32.7. The summed E-state index contributed by atoms with van der Waals surface area (Å²) in [6.45, 7) is -0.628. The molecular weight excluding hydrogens is 665 g/mol. The monoisotopic (exact) mass is 697 g/mol. The van der Waals surface area contributed by atoms with Crippen molar-refractivity contribution in [3.8, 4) is 0 Å². The van der Waals surface area contributed by atoms with Crippen molar-refractivity contribution < 1.29 is 18.0 Å². The molecule has 1 saturated carbocycles. The second kappa shape index (κ2) is 15.4. The zero-order valence-corrected chi connectivity index (χ0v) is 28.1. The van der Waals surface area contributed by atoms with Crippen molar-refractivity contribution in [2.75, 3.05) is 10.8 Å². The first-order chi connectivity index (χ1) is 22.1. The van der Waals surface area contributed by atoms with Crippen LogP contribution >= 0.6 is 34.8 Å². The number of sulfonamides is 1. The Balaban J connectivity index is 1.58. The topological polar surface area (TPSA) is 86.8 Å². The number of nitrogens with zero attached hydrogens (tertiary/aromatic N) is 2. The summed E-state index contributed by atoms with van der Waals surface area (Å²) < 4.78 is 29.2. The Morgan fingerprint density at radius 1 is 0.761 bits per heavy atom. The van der Waals surface area contributed by atoms with Crippen LogP contribution in [0.25, 0.3) is 0 Å². The molecule has 2 amide bonds. The third kappa shape index (κ3) is 8.23. The number of hydrogen-bond acceptors (Lipinski definition) is 4. The lowest BCUT2D eigenvalue weighted by molar-refractivity contribution is -0.140. The van der Waals surface area contributed by atoms with Gasteiger partial charge in [0, 0.05) is 19.0 Å². The van der Waals surface area contributed by atoms with Gasteiger partial charge in [-0.05, 0) is 60.4 Å². The summed E-state index contributed by atoms with van der Waals surface area (Å²) in [5.41, 5.74) is 1.62. The molecule has 0 aromatic heterocycles. The molecule has 0 bridgehead atoms. The average molecular weight is 699 g/mol. The third-order valence-electron chi connectivity index (χ3n) is 8.04. The van der Waals surface area contributed by atoms with Crippen LogP contribution in [-0.4, -0.2) is 43.8 Å². The molecule has 0 radical (unpaired) electrons. The minimum absolute atomic E-state index is 0.00133. The quantitative estimate of drug-likeness (QED) is 0.166. The number of hydrogen-bond donors (Lipinski definition) is 1. The van der Waals surface area contributed by atoms with Gasteiger partial charge in [-0.25, -0.2) is 8.42 Å².